The smallest absolute Gasteiger partial charge is 0.0334 e. The molecule has 0 aromatic rings. The van der Waals surface area contributed by atoms with Gasteiger partial charge in [-0.05, 0) is 34.5 Å². The summed E-state index contributed by atoms with van der Waals surface area (Å²) >= 11 is 0. The van der Waals surface area contributed by atoms with Crippen molar-refractivity contribution in [3.63, 3.8) is 0 Å². The largest absolute Gasteiger partial charge is 0.0625 e. The van der Waals surface area contributed by atoms with Crippen molar-refractivity contribution in [3.05, 3.63) is 0 Å². The minimum atomic E-state index is 0.437. The average Bonchev–Trinajstić information content (AvgIpc) is 2.15. The van der Waals surface area contributed by atoms with Gasteiger partial charge in [-0.25, -0.2) is 0 Å². The highest BCUT2D eigenvalue weighted by atomic mass is 14.3. The summed E-state index contributed by atoms with van der Waals surface area (Å²) in [5.41, 5.74) is 0.875. The molecule has 0 aliphatic heterocycles. The maximum atomic E-state index is 2.27. The molecule has 0 saturated carbocycles. The first-order valence-corrected chi connectivity index (χ1v) is 8.54. The Morgan fingerprint density at radius 3 is 0.450 bits per heavy atom. The Labute approximate surface area is 132 Å². The Morgan fingerprint density at radius 2 is 0.450 bits per heavy atom. The first-order chi connectivity index (χ1) is 8.54. The second-order valence-corrected chi connectivity index (χ2v) is 9.48. The van der Waals surface area contributed by atoms with Crippen molar-refractivity contribution in [2.45, 2.75) is 96.9 Å². The molecule has 126 valence electrons. The Hall–Kier alpha value is 0. The maximum absolute atomic E-state index is 2.27. The minimum Gasteiger partial charge on any atom is -0.0625 e. The SMILES string of the molecule is CC(C)(C)C(C)(C)C.CC(C)C(C)C.CC(C)C(C)C. The van der Waals surface area contributed by atoms with Gasteiger partial charge in [0.1, 0.15) is 0 Å². The van der Waals surface area contributed by atoms with Gasteiger partial charge in [-0.3, -0.25) is 0 Å². The van der Waals surface area contributed by atoms with Crippen molar-refractivity contribution in [1.82, 2.24) is 0 Å². The van der Waals surface area contributed by atoms with E-state index in [0.717, 1.165) is 23.7 Å². The van der Waals surface area contributed by atoms with Crippen LogP contribution < -0.4 is 0 Å². The molecule has 0 aromatic carbocycles. The van der Waals surface area contributed by atoms with Crippen molar-refractivity contribution in [2.75, 3.05) is 0 Å². The molecule has 0 rings (SSSR count). The van der Waals surface area contributed by atoms with Crippen LogP contribution in [0, 0.1) is 34.5 Å². The van der Waals surface area contributed by atoms with Gasteiger partial charge < -0.3 is 0 Å². The van der Waals surface area contributed by atoms with E-state index in [0.29, 0.717) is 10.8 Å². The first-order valence-electron chi connectivity index (χ1n) is 8.54. The summed E-state index contributed by atoms with van der Waals surface area (Å²) in [4.78, 5) is 0. The molecule has 0 N–H and O–H groups in total. The fourth-order valence-corrected chi connectivity index (χ4v) is 0. The second-order valence-electron chi connectivity index (χ2n) is 9.48. The van der Waals surface area contributed by atoms with E-state index in [1.54, 1.807) is 0 Å². The molecule has 0 aliphatic rings. The van der Waals surface area contributed by atoms with Crippen LogP contribution in [0.3, 0.4) is 0 Å². The fraction of sp³-hybridized carbons (Fsp3) is 1.00. The molecular formula is C20H46. The first kappa shape index (κ1) is 25.0. The fourth-order valence-electron chi connectivity index (χ4n) is 0. The van der Waals surface area contributed by atoms with E-state index in [4.69, 9.17) is 0 Å². The molecule has 0 aliphatic carbocycles. The lowest BCUT2D eigenvalue weighted by Gasteiger charge is -2.34. The zero-order valence-corrected chi connectivity index (χ0v) is 17.3. The van der Waals surface area contributed by atoms with Gasteiger partial charge in [0.25, 0.3) is 0 Å². The molecule has 0 radical (unpaired) electrons. The van der Waals surface area contributed by atoms with E-state index in [1.165, 1.54) is 0 Å². The number of rotatable bonds is 2. The van der Waals surface area contributed by atoms with E-state index in [2.05, 4.69) is 96.9 Å². The Balaban J connectivity index is -0.000000221. The van der Waals surface area contributed by atoms with Crippen LogP contribution in [0.1, 0.15) is 96.9 Å². The summed E-state index contributed by atoms with van der Waals surface area (Å²) in [5.74, 6) is 3.41. The predicted molar refractivity (Wildman–Crippen MR) is 98.3 cm³/mol. The third kappa shape index (κ3) is 18.0. The normalized spacial score (nSPS) is 12.3. The molecule has 0 saturated heterocycles. The van der Waals surface area contributed by atoms with Crippen LogP contribution in [0.4, 0.5) is 0 Å². The summed E-state index contributed by atoms with van der Waals surface area (Å²) < 4.78 is 0. The van der Waals surface area contributed by atoms with Gasteiger partial charge in [0.2, 0.25) is 0 Å². The lowest BCUT2D eigenvalue weighted by Crippen LogP contribution is -2.25. The zero-order chi connectivity index (χ0) is 17.3. The lowest BCUT2D eigenvalue weighted by atomic mass is 9.71. The highest BCUT2D eigenvalue weighted by molar-refractivity contribution is 4.77. The van der Waals surface area contributed by atoms with Crippen LogP contribution in [0.15, 0.2) is 0 Å². The monoisotopic (exact) mass is 286 g/mol. The molecule has 0 spiro atoms. The molecule has 0 bridgehead atoms. The topological polar surface area (TPSA) is 0 Å². The standard InChI is InChI=1S/C8H18.2C6H14/c1-7(2,3)8(4,5)6;2*1-5(2)6(3)4/h1-6H3;2*5-6H,1-4H3. The van der Waals surface area contributed by atoms with Gasteiger partial charge in [-0.2, -0.15) is 0 Å². The average molecular weight is 287 g/mol. The zero-order valence-electron chi connectivity index (χ0n) is 17.3. The number of hydrogen-bond donors (Lipinski definition) is 0. The van der Waals surface area contributed by atoms with Crippen LogP contribution in [-0.4, -0.2) is 0 Å². The third-order valence-corrected chi connectivity index (χ3v) is 4.92. The highest BCUT2D eigenvalue weighted by Gasteiger charge is 2.26. The van der Waals surface area contributed by atoms with Crippen LogP contribution in [0.5, 0.6) is 0 Å². The van der Waals surface area contributed by atoms with Crippen LogP contribution in [0.25, 0.3) is 0 Å². The summed E-state index contributed by atoms with van der Waals surface area (Å²) in [7, 11) is 0. The minimum absolute atomic E-state index is 0.437. The van der Waals surface area contributed by atoms with Gasteiger partial charge in [0.05, 0.1) is 0 Å². The molecule has 0 aromatic heterocycles. The van der Waals surface area contributed by atoms with E-state index in [1.807, 2.05) is 0 Å². The van der Waals surface area contributed by atoms with Gasteiger partial charge >= 0.3 is 0 Å². The quantitative estimate of drug-likeness (QED) is 0.488. The molecule has 0 unspecified atom stereocenters. The van der Waals surface area contributed by atoms with Crippen molar-refractivity contribution >= 4 is 0 Å². The Morgan fingerprint density at radius 1 is 0.350 bits per heavy atom. The maximum Gasteiger partial charge on any atom is -0.0334 e. The summed E-state index contributed by atoms with van der Waals surface area (Å²) in [6.07, 6.45) is 0. The third-order valence-electron chi connectivity index (χ3n) is 4.92. The van der Waals surface area contributed by atoms with Gasteiger partial charge in [0, 0.05) is 0 Å². The molecule has 0 amide bonds. The van der Waals surface area contributed by atoms with Gasteiger partial charge in [0.15, 0.2) is 0 Å². The van der Waals surface area contributed by atoms with Crippen LogP contribution in [0.2, 0.25) is 0 Å². The van der Waals surface area contributed by atoms with E-state index in [-0.39, 0.29) is 0 Å². The van der Waals surface area contributed by atoms with E-state index in [9.17, 15) is 0 Å². The Kier molecular flexibility index (Phi) is 13.4. The van der Waals surface area contributed by atoms with Gasteiger partial charge in [-0.1, -0.05) is 96.9 Å². The molecular weight excluding hydrogens is 240 g/mol. The van der Waals surface area contributed by atoms with Gasteiger partial charge in [-0.15, -0.1) is 0 Å². The van der Waals surface area contributed by atoms with Crippen LogP contribution in [-0.2, 0) is 0 Å². The molecule has 20 heavy (non-hydrogen) atoms. The van der Waals surface area contributed by atoms with E-state index < -0.39 is 0 Å². The van der Waals surface area contributed by atoms with E-state index >= 15 is 0 Å². The van der Waals surface area contributed by atoms with Crippen molar-refractivity contribution in [3.8, 4) is 0 Å². The van der Waals surface area contributed by atoms with Crippen molar-refractivity contribution in [1.29, 1.82) is 0 Å². The summed E-state index contributed by atoms with van der Waals surface area (Å²) in [5, 5.41) is 0. The highest BCUT2D eigenvalue weighted by Crippen LogP contribution is 2.36. The Bertz CT molecular complexity index is 157. The van der Waals surface area contributed by atoms with Crippen LogP contribution >= 0.6 is 0 Å². The van der Waals surface area contributed by atoms with Crippen molar-refractivity contribution in [2.24, 2.45) is 34.5 Å². The van der Waals surface area contributed by atoms with Crippen molar-refractivity contribution < 1.29 is 0 Å². The molecule has 0 heteroatoms. The lowest BCUT2D eigenvalue weighted by molar-refractivity contribution is 0.157. The summed E-state index contributed by atoms with van der Waals surface area (Å²) in [6.45, 7) is 31.6. The number of hydrogen-bond acceptors (Lipinski definition) is 0. The summed E-state index contributed by atoms with van der Waals surface area (Å²) in [6, 6.07) is 0. The molecule has 0 nitrogen and oxygen atoms in total. The predicted octanol–water partition coefficient (Wildman–Crippen LogP) is 7.68. The molecule has 0 atom stereocenters. The second kappa shape index (κ2) is 10.7. The molecule has 0 heterocycles. The molecule has 0 fully saturated rings.